The van der Waals surface area contributed by atoms with E-state index >= 15 is 0 Å². The van der Waals surface area contributed by atoms with Crippen LogP contribution in [0.1, 0.15) is 70.4 Å². The fourth-order valence-electron chi connectivity index (χ4n) is 8.07. The van der Waals surface area contributed by atoms with Crippen LogP contribution >= 0.6 is 0 Å². The molecule has 0 aromatic heterocycles. The average molecular weight is 839 g/mol. The van der Waals surface area contributed by atoms with Gasteiger partial charge in [-0.15, -0.1) is 0 Å². The molecular weight excluding hydrogens is 785 g/mol. The van der Waals surface area contributed by atoms with E-state index in [1.807, 2.05) is 68.3 Å². The molecule has 0 radical (unpaired) electrons. The first-order valence-corrected chi connectivity index (χ1v) is 21.2. The summed E-state index contributed by atoms with van der Waals surface area (Å²) in [7, 11) is 9.14. The molecule has 0 spiro atoms. The minimum absolute atomic E-state index is 0.124. The lowest BCUT2D eigenvalue weighted by molar-refractivity contribution is 0.0809. The van der Waals surface area contributed by atoms with E-state index in [4.69, 9.17) is 33.7 Å². The molecule has 0 bridgehead atoms. The number of fused-ring (bicyclic) bond motifs is 4. The Kier molecular flexibility index (Phi) is 12.9. The van der Waals surface area contributed by atoms with Crippen molar-refractivity contribution in [3.8, 4) is 28.7 Å². The number of unbranched alkanes of at least 4 members (excludes halogenated alkanes) is 2. The molecule has 13 heteroatoms. The number of carbonyl (C=O) groups is 2. The molecule has 4 aromatic rings. The second kappa shape index (κ2) is 19.0. The second-order valence-corrected chi connectivity index (χ2v) is 16.0. The summed E-state index contributed by atoms with van der Waals surface area (Å²) in [4.78, 5) is 42.8. The average Bonchev–Trinajstić information content (AvgIpc) is 3.87. The number of methoxy groups -OCH3 is 2. The standard InChI is InChI=1S/C49H54N6O7/c1-50-36-14-10-32(11-15-36)34-22-37-28-51-42-26-46(44(58-4)24-40(42)48(56)54(37)30-34)61-19-7-6-8-20-62-47-27-43-41(25-45(47)59-5)49(57)55-31-35(23-38(55)29-52-43)33-12-16-39(17-13-33)60-21-9-18-53(2)3/h10-17,24-31,37-38,50H,6-9,18-23H2,1-5H3. The van der Waals surface area contributed by atoms with Gasteiger partial charge in [0.2, 0.25) is 0 Å². The third-order valence-electron chi connectivity index (χ3n) is 11.5. The highest BCUT2D eigenvalue weighted by molar-refractivity contribution is 6.06. The molecule has 0 aliphatic carbocycles. The van der Waals surface area contributed by atoms with Gasteiger partial charge in [-0.3, -0.25) is 19.6 Å². The third-order valence-corrected chi connectivity index (χ3v) is 11.5. The van der Waals surface area contributed by atoms with Crippen LogP contribution in [0.5, 0.6) is 28.7 Å². The molecule has 4 heterocycles. The van der Waals surface area contributed by atoms with Crippen molar-refractivity contribution in [3.05, 3.63) is 107 Å². The summed E-state index contributed by atoms with van der Waals surface area (Å²) < 4.78 is 29.6. The van der Waals surface area contributed by atoms with Gasteiger partial charge in [-0.05, 0) is 98.4 Å². The van der Waals surface area contributed by atoms with E-state index in [1.54, 1.807) is 48.3 Å². The summed E-state index contributed by atoms with van der Waals surface area (Å²) in [5.74, 6) is 2.61. The van der Waals surface area contributed by atoms with Crippen LogP contribution in [0, 0.1) is 0 Å². The SMILES string of the molecule is CNc1ccc(C2=CN3C(=O)c4cc(OC)c(OCCCCCOc5cc6c(cc5OC)C(=O)N5C=C(c7ccc(OCCCN(C)C)cc7)CC5C=N6)cc4N=CC3C2)cc1. The van der Waals surface area contributed by atoms with Crippen LogP contribution in [-0.4, -0.2) is 113 Å². The van der Waals surface area contributed by atoms with Crippen molar-refractivity contribution in [1.29, 1.82) is 0 Å². The minimum atomic E-state index is -0.193. The molecular formula is C49H54N6O7. The van der Waals surface area contributed by atoms with Gasteiger partial charge in [0.05, 0.1) is 68.6 Å². The first kappa shape index (κ1) is 42.1. The van der Waals surface area contributed by atoms with Crippen molar-refractivity contribution in [2.24, 2.45) is 9.98 Å². The van der Waals surface area contributed by atoms with Crippen molar-refractivity contribution in [1.82, 2.24) is 14.7 Å². The molecule has 2 unspecified atom stereocenters. The van der Waals surface area contributed by atoms with Crippen LogP contribution in [0.3, 0.4) is 0 Å². The van der Waals surface area contributed by atoms with Crippen LogP contribution in [0.4, 0.5) is 17.1 Å². The smallest absolute Gasteiger partial charge is 0.260 e. The topological polar surface area (TPSA) is 127 Å². The fourth-order valence-corrected chi connectivity index (χ4v) is 8.07. The predicted molar refractivity (Wildman–Crippen MR) is 243 cm³/mol. The Labute approximate surface area is 363 Å². The van der Waals surface area contributed by atoms with Gasteiger partial charge in [0.1, 0.15) is 5.75 Å². The van der Waals surface area contributed by atoms with Gasteiger partial charge >= 0.3 is 0 Å². The lowest BCUT2D eigenvalue weighted by Crippen LogP contribution is -2.32. The Balaban J connectivity index is 0.825. The van der Waals surface area contributed by atoms with Gasteiger partial charge in [0.25, 0.3) is 11.8 Å². The quantitative estimate of drug-likeness (QED) is 0.0981. The summed E-state index contributed by atoms with van der Waals surface area (Å²) in [5.41, 5.74) is 7.36. The Morgan fingerprint density at radius 1 is 0.629 bits per heavy atom. The van der Waals surface area contributed by atoms with Gasteiger partial charge < -0.3 is 43.7 Å². The van der Waals surface area contributed by atoms with E-state index in [2.05, 4.69) is 36.4 Å². The summed E-state index contributed by atoms with van der Waals surface area (Å²) in [6.45, 7) is 2.54. The van der Waals surface area contributed by atoms with Gasteiger partial charge in [-0.1, -0.05) is 24.3 Å². The maximum absolute atomic E-state index is 13.9. The summed E-state index contributed by atoms with van der Waals surface area (Å²) >= 11 is 0. The number of nitrogens with one attached hydrogen (secondary N) is 1. The lowest BCUT2D eigenvalue weighted by Gasteiger charge is -2.19. The van der Waals surface area contributed by atoms with E-state index < -0.39 is 0 Å². The molecule has 1 N–H and O–H groups in total. The number of benzene rings is 4. The summed E-state index contributed by atoms with van der Waals surface area (Å²) in [6.07, 6.45) is 12.2. The molecule has 62 heavy (non-hydrogen) atoms. The van der Waals surface area contributed by atoms with Crippen molar-refractivity contribution in [2.45, 2.75) is 50.6 Å². The second-order valence-electron chi connectivity index (χ2n) is 16.0. The highest BCUT2D eigenvalue weighted by Crippen LogP contribution is 2.42. The van der Waals surface area contributed by atoms with E-state index in [1.165, 1.54) is 0 Å². The molecule has 0 saturated carbocycles. The van der Waals surface area contributed by atoms with Crippen LogP contribution < -0.4 is 29.0 Å². The first-order chi connectivity index (χ1) is 30.2. The zero-order valence-electron chi connectivity index (χ0n) is 36.1. The highest BCUT2D eigenvalue weighted by atomic mass is 16.5. The number of aliphatic imine (C=N–C) groups is 2. The normalized spacial score (nSPS) is 17.4. The maximum Gasteiger partial charge on any atom is 0.260 e. The zero-order valence-corrected chi connectivity index (χ0v) is 36.1. The molecule has 0 fully saturated rings. The fraction of sp³-hybridized carbons (Fsp3) is 0.347. The minimum Gasteiger partial charge on any atom is -0.494 e. The van der Waals surface area contributed by atoms with Crippen molar-refractivity contribution in [3.63, 3.8) is 0 Å². The molecule has 8 rings (SSSR count). The lowest BCUT2D eigenvalue weighted by atomic mass is 10.0. The molecule has 4 aliphatic heterocycles. The number of hydrogen-bond donors (Lipinski definition) is 1. The van der Waals surface area contributed by atoms with E-state index in [9.17, 15) is 9.59 Å². The van der Waals surface area contributed by atoms with E-state index in [0.717, 1.165) is 65.9 Å². The Bertz CT molecular complexity index is 2410. The molecule has 2 atom stereocenters. The van der Waals surface area contributed by atoms with Gasteiger partial charge in [0, 0.05) is 69.1 Å². The Morgan fingerprint density at radius 3 is 1.58 bits per heavy atom. The molecule has 0 saturated heterocycles. The van der Waals surface area contributed by atoms with E-state index in [-0.39, 0.29) is 23.9 Å². The molecule has 4 aliphatic rings. The number of nitrogens with zero attached hydrogens (tertiary/aromatic N) is 5. The van der Waals surface area contributed by atoms with Crippen LogP contribution in [0.25, 0.3) is 11.1 Å². The number of amides is 2. The van der Waals surface area contributed by atoms with Gasteiger partial charge in [-0.25, -0.2) is 0 Å². The predicted octanol–water partition coefficient (Wildman–Crippen LogP) is 8.65. The molecule has 13 nitrogen and oxygen atoms in total. The Hall–Kier alpha value is -6.60. The van der Waals surface area contributed by atoms with Crippen molar-refractivity contribution >= 4 is 52.5 Å². The third kappa shape index (κ3) is 9.18. The summed E-state index contributed by atoms with van der Waals surface area (Å²) in [6, 6.07) is 22.9. The largest absolute Gasteiger partial charge is 0.494 e. The number of rotatable bonds is 18. The number of carbonyl (C=O) groups excluding carboxylic acids is 2. The molecule has 4 aromatic carbocycles. The van der Waals surface area contributed by atoms with Gasteiger partial charge in [-0.2, -0.15) is 0 Å². The van der Waals surface area contributed by atoms with E-state index in [0.29, 0.717) is 78.2 Å². The number of ether oxygens (including phenoxy) is 5. The first-order valence-electron chi connectivity index (χ1n) is 21.2. The zero-order chi connectivity index (χ0) is 43.2. The monoisotopic (exact) mass is 838 g/mol. The van der Waals surface area contributed by atoms with Crippen LogP contribution in [-0.2, 0) is 0 Å². The Morgan fingerprint density at radius 2 is 1.11 bits per heavy atom. The van der Waals surface area contributed by atoms with Crippen molar-refractivity contribution in [2.75, 3.05) is 67.0 Å². The van der Waals surface area contributed by atoms with Crippen molar-refractivity contribution < 1.29 is 33.3 Å². The maximum atomic E-state index is 13.9. The molecule has 322 valence electrons. The number of anilines is 1. The van der Waals surface area contributed by atoms with Gasteiger partial charge in [0.15, 0.2) is 23.0 Å². The summed E-state index contributed by atoms with van der Waals surface area (Å²) in [5, 5.41) is 3.14. The molecule has 2 amide bonds. The highest BCUT2D eigenvalue weighted by Gasteiger charge is 2.35. The number of hydrogen-bond acceptors (Lipinski definition) is 11. The van der Waals surface area contributed by atoms with Crippen LogP contribution in [0.2, 0.25) is 0 Å². The van der Waals surface area contributed by atoms with Crippen LogP contribution in [0.15, 0.2) is 95.2 Å².